The lowest BCUT2D eigenvalue weighted by atomic mass is 10.1. The van der Waals surface area contributed by atoms with E-state index in [1.54, 1.807) is 18.4 Å². The van der Waals surface area contributed by atoms with Gasteiger partial charge in [-0.25, -0.2) is 4.98 Å². The predicted octanol–water partition coefficient (Wildman–Crippen LogP) is 3.73. The Morgan fingerprint density at radius 3 is 2.91 bits per heavy atom. The summed E-state index contributed by atoms with van der Waals surface area (Å²) in [6.45, 7) is 1.23. The number of hydrogen-bond acceptors (Lipinski definition) is 4. The average molecular weight is 326 g/mol. The van der Waals surface area contributed by atoms with Crippen LogP contribution in [0.4, 0.5) is 0 Å². The third-order valence-electron chi connectivity index (χ3n) is 3.55. The lowest BCUT2D eigenvalue weighted by Gasteiger charge is -2.10. The van der Waals surface area contributed by atoms with Gasteiger partial charge in [-0.1, -0.05) is 24.3 Å². The van der Waals surface area contributed by atoms with Crippen molar-refractivity contribution in [1.29, 1.82) is 0 Å². The fourth-order valence-electron chi connectivity index (χ4n) is 2.43. The van der Waals surface area contributed by atoms with Gasteiger partial charge in [0, 0.05) is 25.6 Å². The van der Waals surface area contributed by atoms with Crippen LogP contribution in [0.5, 0.6) is 0 Å². The number of amides is 1. The zero-order valence-electron chi connectivity index (χ0n) is 12.9. The van der Waals surface area contributed by atoms with Crippen LogP contribution in [0.15, 0.2) is 47.8 Å². The first-order valence-corrected chi connectivity index (χ1v) is 8.38. The van der Waals surface area contributed by atoms with Crippen LogP contribution in [0.1, 0.15) is 16.8 Å². The zero-order valence-corrected chi connectivity index (χ0v) is 13.7. The highest BCUT2D eigenvalue weighted by Gasteiger charge is 2.13. The SMILES string of the molecule is COCCCNC(=O)c1cc(-c2cccs2)nc2ccccc12. The summed E-state index contributed by atoms with van der Waals surface area (Å²) in [5.41, 5.74) is 2.33. The van der Waals surface area contributed by atoms with Crippen molar-refractivity contribution in [2.24, 2.45) is 0 Å². The fraction of sp³-hybridized carbons (Fsp3) is 0.222. The van der Waals surface area contributed by atoms with Gasteiger partial charge in [0.25, 0.3) is 5.91 Å². The summed E-state index contributed by atoms with van der Waals surface area (Å²) >= 11 is 1.62. The van der Waals surface area contributed by atoms with E-state index in [0.717, 1.165) is 27.9 Å². The molecule has 1 amide bonds. The number of carbonyl (C=O) groups is 1. The van der Waals surface area contributed by atoms with Crippen molar-refractivity contribution in [2.75, 3.05) is 20.3 Å². The maximum Gasteiger partial charge on any atom is 0.252 e. The van der Waals surface area contributed by atoms with Crippen LogP contribution < -0.4 is 5.32 Å². The molecule has 2 aromatic heterocycles. The Morgan fingerprint density at radius 1 is 1.26 bits per heavy atom. The number of benzene rings is 1. The molecule has 0 saturated heterocycles. The van der Waals surface area contributed by atoms with Gasteiger partial charge in [0.2, 0.25) is 0 Å². The van der Waals surface area contributed by atoms with Crippen LogP contribution in [-0.2, 0) is 4.74 Å². The van der Waals surface area contributed by atoms with E-state index in [-0.39, 0.29) is 5.91 Å². The Labute approximate surface area is 139 Å². The molecule has 0 aliphatic heterocycles. The van der Waals surface area contributed by atoms with Gasteiger partial charge in [-0.05, 0) is 30.0 Å². The molecule has 0 aliphatic carbocycles. The maximum absolute atomic E-state index is 12.6. The molecule has 0 spiro atoms. The van der Waals surface area contributed by atoms with Gasteiger partial charge >= 0.3 is 0 Å². The van der Waals surface area contributed by atoms with E-state index in [4.69, 9.17) is 4.74 Å². The summed E-state index contributed by atoms with van der Waals surface area (Å²) in [5.74, 6) is -0.0718. The Morgan fingerprint density at radius 2 is 2.13 bits per heavy atom. The number of pyridine rings is 1. The second-order valence-electron chi connectivity index (χ2n) is 5.15. The summed E-state index contributed by atoms with van der Waals surface area (Å²) in [5, 5.41) is 5.84. The molecule has 3 aromatic rings. The maximum atomic E-state index is 12.6. The summed E-state index contributed by atoms with van der Waals surface area (Å²) in [4.78, 5) is 18.3. The molecule has 2 heterocycles. The molecule has 0 atom stereocenters. The van der Waals surface area contributed by atoms with E-state index in [1.165, 1.54) is 0 Å². The van der Waals surface area contributed by atoms with Crippen molar-refractivity contribution in [2.45, 2.75) is 6.42 Å². The molecule has 0 radical (unpaired) electrons. The molecule has 0 bridgehead atoms. The summed E-state index contributed by atoms with van der Waals surface area (Å²) in [6.07, 6.45) is 0.795. The van der Waals surface area contributed by atoms with Crippen molar-refractivity contribution >= 4 is 28.1 Å². The number of rotatable bonds is 6. The molecule has 0 fully saturated rings. The van der Waals surface area contributed by atoms with Gasteiger partial charge in [0.15, 0.2) is 0 Å². The van der Waals surface area contributed by atoms with Gasteiger partial charge in [0.05, 0.1) is 21.7 Å². The van der Waals surface area contributed by atoms with Crippen LogP contribution in [0, 0.1) is 0 Å². The molecule has 0 unspecified atom stereocenters. The minimum Gasteiger partial charge on any atom is -0.385 e. The number of nitrogens with one attached hydrogen (secondary N) is 1. The van der Waals surface area contributed by atoms with Gasteiger partial charge < -0.3 is 10.1 Å². The monoisotopic (exact) mass is 326 g/mol. The van der Waals surface area contributed by atoms with E-state index in [2.05, 4.69) is 10.3 Å². The molecule has 3 rings (SSSR count). The van der Waals surface area contributed by atoms with Crippen LogP contribution in [-0.4, -0.2) is 31.2 Å². The molecule has 0 saturated carbocycles. The van der Waals surface area contributed by atoms with Crippen molar-refractivity contribution in [3.05, 3.63) is 53.4 Å². The van der Waals surface area contributed by atoms with Crippen LogP contribution in [0.2, 0.25) is 0 Å². The number of fused-ring (bicyclic) bond motifs is 1. The summed E-state index contributed by atoms with van der Waals surface area (Å²) in [7, 11) is 1.66. The molecule has 1 N–H and O–H groups in total. The third-order valence-corrected chi connectivity index (χ3v) is 4.44. The number of aromatic nitrogens is 1. The van der Waals surface area contributed by atoms with Crippen molar-refractivity contribution < 1.29 is 9.53 Å². The van der Waals surface area contributed by atoms with E-state index in [0.29, 0.717) is 18.7 Å². The van der Waals surface area contributed by atoms with Gasteiger partial charge in [-0.3, -0.25) is 4.79 Å². The fourth-order valence-corrected chi connectivity index (χ4v) is 3.11. The summed E-state index contributed by atoms with van der Waals surface area (Å²) in [6, 6.07) is 13.6. The quantitative estimate of drug-likeness (QED) is 0.702. The number of nitrogens with zero attached hydrogens (tertiary/aromatic N) is 1. The minimum absolute atomic E-state index is 0.0718. The molecule has 23 heavy (non-hydrogen) atoms. The minimum atomic E-state index is -0.0718. The zero-order chi connectivity index (χ0) is 16.1. The van der Waals surface area contributed by atoms with Crippen LogP contribution >= 0.6 is 11.3 Å². The first kappa shape index (κ1) is 15.6. The predicted molar refractivity (Wildman–Crippen MR) is 93.9 cm³/mol. The van der Waals surface area contributed by atoms with E-state index < -0.39 is 0 Å². The highest BCUT2D eigenvalue weighted by atomic mass is 32.1. The Kier molecular flexibility index (Phi) is 5.00. The van der Waals surface area contributed by atoms with Crippen molar-refractivity contribution in [1.82, 2.24) is 10.3 Å². The number of thiophene rings is 1. The van der Waals surface area contributed by atoms with Gasteiger partial charge in [-0.2, -0.15) is 0 Å². The number of hydrogen-bond donors (Lipinski definition) is 1. The molecule has 5 heteroatoms. The second kappa shape index (κ2) is 7.35. The topological polar surface area (TPSA) is 51.2 Å². The summed E-state index contributed by atoms with van der Waals surface area (Å²) < 4.78 is 5.01. The molecule has 1 aromatic carbocycles. The Balaban J connectivity index is 1.95. The Hall–Kier alpha value is -2.24. The number of ether oxygens (including phenoxy) is 1. The second-order valence-corrected chi connectivity index (χ2v) is 6.10. The molecular formula is C18H18N2O2S. The van der Waals surface area contributed by atoms with Crippen molar-refractivity contribution in [3.8, 4) is 10.6 Å². The third kappa shape index (κ3) is 3.57. The molecule has 118 valence electrons. The standard InChI is InChI=1S/C18H18N2O2S/c1-22-10-5-9-19-18(21)14-12-16(17-8-4-11-23-17)20-15-7-3-2-6-13(14)15/h2-4,6-8,11-12H,5,9-10H2,1H3,(H,19,21). The van der Waals surface area contributed by atoms with Crippen LogP contribution in [0.3, 0.4) is 0 Å². The normalized spacial score (nSPS) is 10.8. The first-order chi connectivity index (χ1) is 11.3. The largest absolute Gasteiger partial charge is 0.385 e. The highest BCUT2D eigenvalue weighted by Crippen LogP contribution is 2.27. The van der Waals surface area contributed by atoms with E-state index >= 15 is 0 Å². The first-order valence-electron chi connectivity index (χ1n) is 7.50. The van der Waals surface area contributed by atoms with Gasteiger partial charge in [0.1, 0.15) is 0 Å². The molecule has 0 aliphatic rings. The number of para-hydroxylation sites is 1. The number of methoxy groups -OCH3 is 1. The lowest BCUT2D eigenvalue weighted by molar-refractivity contribution is 0.0950. The van der Waals surface area contributed by atoms with Crippen LogP contribution in [0.25, 0.3) is 21.5 Å². The molecule has 4 nitrogen and oxygen atoms in total. The lowest BCUT2D eigenvalue weighted by Crippen LogP contribution is -2.25. The number of carbonyl (C=O) groups excluding carboxylic acids is 1. The van der Waals surface area contributed by atoms with Gasteiger partial charge in [-0.15, -0.1) is 11.3 Å². The smallest absolute Gasteiger partial charge is 0.252 e. The molecular weight excluding hydrogens is 308 g/mol. The van der Waals surface area contributed by atoms with Crippen molar-refractivity contribution in [3.63, 3.8) is 0 Å². The highest BCUT2D eigenvalue weighted by molar-refractivity contribution is 7.13. The average Bonchev–Trinajstić information content (AvgIpc) is 3.12. The van der Waals surface area contributed by atoms with E-state index in [1.807, 2.05) is 47.8 Å². The Bertz CT molecular complexity index is 800. The van der Waals surface area contributed by atoms with E-state index in [9.17, 15) is 4.79 Å².